The summed E-state index contributed by atoms with van der Waals surface area (Å²) in [7, 11) is 0. The van der Waals surface area contributed by atoms with Gasteiger partial charge in [0, 0.05) is 0 Å². The average Bonchev–Trinajstić information content (AvgIpc) is 2.36. The molecule has 0 heterocycles. The van der Waals surface area contributed by atoms with Crippen LogP contribution in [0.25, 0.3) is 0 Å². The summed E-state index contributed by atoms with van der Waals surface area (Å²) in [6.45, 7) is 0.959. The molecular weight excluding hydrogens is 299 g/mol. The fourth-order valence-electron chi connectivity index (χ4n) is 1.15. The molecule has 0 radical (unpaired) electrons. The Morgan fingerprint density at radius 3 is 2.40 bits per heavy atom. The first kappa shape index (κ1) is 18.2. The van der Waals surface area contributed by atoms with E-state index in [1.807, 2.05) is 5.32 Å². The minimum absolute atomic E-state index is 0. The number of anilines is 1. The minimum atomic E-state index is -1.68. The number of benzene rings is 1. The summed E-state index contributed by atoms with van der Waals surface area (Å²) in [6, 6.07) is 0.751. The first-order chi connectivity index (χ1) is 8.82. The van der Waals surface area contributed by atoms with Gasteiger partial charge in [-0.1, -0.05) is 0 Å². The van der Waals surface area contributed by atoms with Crippen LogP contribution in [0.1, 0.15) is 6.92 Å². The third-order valence-corrected chi connectivity index (χ3v) is 2.15. The zero-order chi connectivity index (χ0) is 14.6. The molecule has 0 fully saturated rings. The third kappa shape index (κ3) is 4.71. The van der Waals surface area contributed by atoms with Crippen molar-refractivity contribution in [3.05, 3.63) is 29.6 Å². The van der Waals surface area contributed by atoms with Crippen molar-refractivity contribution in [3.63, 3.8) is 0 Å². The number of halogens is 4. The molecule has 0 aromatic heterocycles. The van der Waals surface area contributed by atoms with Crippen LogP contribution in [0.2, 0.25) is 0 Å². The van der Waals surface area contributed by atoms with E-state index in [0.29, 0.717) is 6.07 Å². The monoisotopic (exact) mass is 311 g/mol. The molecule has 0 saturated carbocycles. The Morgan fingerprint density at radius 2 is 1.85 bits per heavy atom. The number of nitrogens with one attached hydrogen (secondary N) is 2. The average molecular weight is 312 g/mol. The minimum Gasteiger partial charge on any atom is -0.346 e. The van der Waals surface area contributed by atoms with Crippen LogP contribution in [0, 0.1) is 17.5 Å². The smallest absolute Gasteiger partial charge is 0.243 e. The fourth-order valence-corrected chi connectivity index (χ4v) is 1.15. The van der Waals surface area contributed by atoms with Gasteiger partial charge in [0.2, 0.25) is 11.8 Å². The molecule has 1 rings (SSSR count). The van der Waals surface area contributed by atoms with Crippen LogP contribution < -0.4 is 16.4 Å². The van der Waals surface area contributed by atoms with Crippen molar-refractivity contribution in [2.75, 3.05) is 11.9 Å². The van der Waals surface area contributed by atoms with Gasteiger partial charge in [-0.05, 0) is 19.1 Å². The summed E-state index contributed by atoms with van der Waals surface area (Å²) < 4.78 is 38.7. The quantitative estimate of drug-likeness (QED) is 0.723. The van der Waals surface area contributed by atoms with Crippen LogP contribution in [-0.4, -0.2) is 24.4 Å². The number of hydrogen-bond acceptors (Lipinski definition) is 3. The highest BCUT2D eigenvalue weighted by atomic mass is 35.5. The topological polar surface area (TPSA) is 84.2 Å². The zero-order valence-electron chi connectivity index (χ0n) is 10.4. The number of amides is 2. The molecule has 0 bridgehead atoms. The second kappa shape index (κ2) is 7.71. The molecule has 5 nitrogen and oxygen atoms in total. The van der Waals surface area contributed by atoms with Crippen molar-refractivity contribution in [2.24, 2.45) is 5.73 Å². The highest BCUT2D eigenvalue weighted by molar-refractivity contribution is 5.95. The Bertz CT molecular complexity index is 512. The summed E-state index contributed by atoms with van der Waals surface area (Å²) in [6.07, 6.45) is 0. The van der Waals surface area contributed by atoms with Crippen LogP contribution in [-0.2, 0) is 9.59 Å². The maximum absolute atomic E-state index is 13.2. The van der Waals surface area contributed by atoms with Crippen molar-refractivity contribution < 1.29 is 22.8 Å². The molecule has 2 amide bonds. The summed E-state index contributed by atoms with van der Waals surface area (Å²) >= 11 is 0. The van der Waals surface area contributed by atoms with Crippen LogP contribution in [0.4, 0.5) is 18.9 Å². The second-order valence-electron chi connectivity index (χ2n) is 3.78. The van der Waals surface area contributed by atoms with E-state index in [1.54, 1.807) is 0 Å². The SMILES string of the molecule is C[C@@H](N)C(=O)NCC(=O)Nc1ccc(F)c(F)c1F.Cl. The van der Waals surface area contributed by atoms with E-state index >= 15 is 0 Å². The van der Waals surface area contributed by atoms with Gasteiger partial charge < -0.3 is 16.4 Å². The van der Waals surface area contributed by atoms with Crippen molar-refractivity contribution >= 4 is 29.9 Å². The predicted molar refractivity (Wildman–Crippen MR) is 68.9 cm³/mol. The second-order valence-corrected chi connectivity index (χ2v) is 3.78. The molecule has 4 N–H and O–H groups in total. The largest absolute Gasteiger partial charge is 0.346 e. The van der Waals surface area contributed by atoms with Gasteiger partial charge in [-0.3, -0.25) is 9.59 Å². The summed E-state index contributed by atoms with van der Waals surface area (Å²) in [4.78, 5) is 22.4. The lowest BCUT2D eigenvalue weighted by molar-refractivity contribution is -0.124. The zero-order valence-corrected chi connectivity index (χ0v) is 11.2. The molecule has 1 aromatic rings. The molecule has 0 aliphatic rings. The summed E-state index contributed by atoms with van der Waals surface area (Å²) in [5.41, 5.74) is 4.73. The Morgan fingerprint density at radius 1 is 1.25 bits per heavy atom. The van der Waals surface area contributed by atoms with E-state index in [2.05, 4.69) is 5.32 Å². The lowest BCUT2D eigenvalue weighted by atomic mass is 10.2. The standard InChI is InChI=1S/C11H12F3N3O2.ClH/c1-5(15)11(19)16-4-8(18)17-7-3-2-6(12)9(13)10(7)14;/h2-3,5H,4,15H2,1H3,(H,16,19)(H,17,18);1H/t5-;/m1./s1. The molecule has 9 heteroatoms. The van der Waals surface area contributed by atoms with E-state index in [0.717, 1.165) is 6.07 Å². The molecule has 0 aliphatic carbocycles. The lowest BCUT2D eigenvalue weighted by Gasteiger charge is -2.09. The molecule has 20 heavy (non-hydrogen) atoms. The van der Waals surface area contributed by atoms with Crippen LogP contribution in [0.5, 0.6) is 0 Å². The molecule has 1 atom stereocenters. The van der Waals surface area contributed by atoms with E-state index in [4.69, 9.17) is 5.73 Å². The predicted octanol–water partition coefficient (Wildman–Crippen LogP) is 0.928. The molecular formula is C11H13ClF3N3O2. The highest BCUT2D eigenvalue weighted by Crippen LogP contribution is 2.19. The lowest BCUT2D eigenvalue weighted by Crippen LogP contribution is -2.41. The molecule has 0 unspecified atom stereocenters. The maximum Gasteiger partial charge on any atom is 0.243 e. The Labute approximate surface area is 119 Å². The molecule has 0 spiro atoms. The van der Waals surface area contributed by atoms with Crippen molar-refractivity contribution in [1.82, 2.24) is 5.32 Å². The number of nitrogens with two attached hydrogens (primary N) is 1. The first-order valence-electron chi connectivity index (χ1n) is 5.29. The molecule has 112 valence electrons. The molecule has 0 aliphatic heterocycles. The maximum atomic E-state index is 13.2. The summed E-state index contributed by atoms with van der Waals surface area (Å²) in [5.74, 6) is -5.91. The van der Waals surface area contributed by atoms with E-state index < -0.39 is 47.5 Å². The number of carbonyl (C=O) groups is 2. The van der Waals surface area contributed by atoms with Crippen LogP contribution in [0.3, 0.4) is 0 Å². The van der Waals surface area contributed by atoms with E-state index in [1.165, 1.54) is 6.92 Å². The Kier molecular flexibility index (Phi) is 7.01. The van der Waals surface area contributed by atoms with Crippen molar-refractivity contribution in [3.8, 4) is 0 Å². The molecule has 1 aromatic carbocycles. The van der Waals surface area contributed by atoms with Crippen LogP contribution >= 0.6 is 12.4 Å². The number of rotatable bonds is 4. The first-order valence-corrected chi connectivity index (χ1v) is 5.29. The van der Waals surface area contributed by atoms with Gasteiger partial charge in [0.05, 0.1) is 18.3 Å². The van der Waals surface area contributed by atoms with Gasteiger partial charge in [-0.2, -0.15) is 0 Å². The van der Waals surface area contributed by atoms with Crippen molar-refractivity contribution in [2.45, 2.75) is 13.0 Å². The van der Waals surface area contributed by atoms with Gasteiger partial charge in [-0.15, -0.1) is 12.4 Å². The third-order valence-electron chi connectivity index (χ3n) is 2.15. The van der Waals surface area contributed by atoms with E-state index in [-0.39, 0.29) is 12.4 Å². The number of hydrogen-bond donors (Lipinski definition) is 3. The fraction of sp³-hybridized carbons (Fsp3) is 0.273. The number of carbonyl (C=O) groups excluding carboxylic acids is 2. The Balaban J connectivity index is 0.00000361. The van der Waals surface area contributed by atoms with Crippen LogP contribution in [0.15, 0.2) is 12.1 Å². The normalized spacial score (nSPS) is 11.2. The summed E-state index contributed by atoms with van der Waals surface area (Å²) in [5, 5.41) is 4.18. The van der Waals surface area contributed by atoms with Gasteiger partial charge >= 0.3 is 0 Å². The van der Waals surface area contributed by atoms with Gasteiger partial charge in [0.25, 0.3) is 0 Å². The van der Waals surface area contributed by atoms with Gasteiger partial charge in [-0.25, -0.2) is 13.2 Å². The molecule has 0 saturated heterocycles. The van der Waals surface area contributed by atoms with Gasteiger partial charge in [0.1, 0.15) is 0 Å². The highest BCUT2D eigenvalue weighted by Gasteiger charge is 2.15. The Hall–Kier alpha value is -1.80. The van der Waals surface area contributed by atoms with E-state index in [9.17, 15) is 22.8 Å². The van der Waals surface area contributed by atoms with Crippen molar-refractivity contribution in [1.29, 1.82) is 0 Å². The van der Waals surface area contributed by atoms with Gasteiger partial charge in [0.15, 0.2) is 17.5 Å².